The molecule has 0 spiro atoms. The zero-order valence-corrected chi connectivity index (χ0v) is 28.0. The largest absolute Gasteiger partial charge is 0.363 e. The second kappa shape index (κ2) is 15.4. The first-order valence-corrected chi connectivity index (χ1v) is 17.1. The molecule has 10 nitrogen and oxygen atoms in total. The van der Waals surface area contributed by atoms with Crippen molar-refractivity contribution in [2.75, 3.05) is 17.2 Å². The minimum absolute atomic E-state index is 0.0105. The van der Waals surface area contributed by atoms with Crippen LogP contribution in [0.3, 0.4) is 0 Å². The molecule has 4 N–H and O–H groups in total. The lowest BCUT2D eigenvalue weighted by molar-refractivity contribution is -0.575. The van der Waals surface area contributed by atoms with Gasteiger partial charge >= 0.3 is 11.0 Å². The van der Waals surface area contributed by atoms with E-state index in [1.165, 1.54) is 23.7 Å². The number of hydrogen-bond donors (Lipinski definition) is 4. The monoisotopic (exact) mass is 693 g/mol. The van der Waals surface area contributed by atoms with E-state index in [1.807, 2.05) is 132 Å². The summed E-state index contributed by atoms with van der Waals surface area (Å²) in [6.07, 6.45) is 4.92. The zero-order valence-electron chi connectivity index (χ0n) is 27.2. The molecule has 0 aliphatic carbocycles. The number of anilines is 2. The summed E-state index contributed by atoms with van der Waals surface area (Å²) < 4.78 is 6.76. The minimum Gasteiger partial charge on any atom is -0.363 e. The first-order valence-electron chi connectivity index (χ1n) is 16.3. The predicted molar refractivity (Wildman–Crippen MR) is 197 cm³/mol. The molecule has 7 rings (SSSR count). The number of benzene rings is 4. The minimum atomic E-state index is -0.563. The van der Waals surface area contributed by atoms with E-state index in [-0.39, 0.29) is 30.0 Å². The van der Waals surface area contributed by atoms with E-state index < -0.39 is 5.92 Å². The topological polar surface area (TPSA) is 133 Å². The fourth-order valence-electron chi connectivity index (χ4n) is 5.91. The van der Waals surface area contributed by atoms with Crippen molar-refractivity contribution in [3.63, 3.8) is 0 Å². The van der Waals surface area contributed by atoms with Crippen LogP contribution in [-0.2, 0) is 9.59 Å². The number of amides is 2. The van der Waals surface area contributed by atoms with Crippen LogP contribution < -0.4 is 26.1 Å². The van der Waals surface area contributed by atoms with Crippen LogP contribution in [0.1, 0.15) is 34.2 Å². The van der Waals surface area contributed by atoms with Crippen LogP contribution in [0.5, 0.6) is 0 Å². The normalized spacial score (nSPS) is 11.6. The molecule has 252 valence electrons. The van der Waals surface area contributed by atoms with Gasteiger partial charge in [-0.25, -0.2) is 4.79 Å². The molecule has 0 saturated carbocycles. The molecule has 0 bridgehead atoms. The lowest BCUT2D eigenvalue weighted by Crippen LogP contribution is -2.35. The van der Waals surface area contributed by atoms with E-state index in [0.717, 1.165) is 38.4 Å². The number of H-pyrrole nitrogens is 1. The molecular weight excluding hydrogens is 661 g/mol. The highest BCUT2D eigenvalue weighted by Gasteiger charge is 2.30. The van der Waals surface area contributed by atoms with Gasteiger partial charge in [0.2, 0.25) is 11.5 Å². The molecule has 0 radical (unpaired) electrons. The van der Waals surface area contributed by atoms with E-state index in [1.54, 1.807) is 12.3 Å². The first kappa shape index (κ1) is 33.1. The van der Waals surface area contributed by atoms with E-state index in [9.17, 15) is 14.4 Å². The standard InChI is InChI=1S/C40H32N6O4S/c47-35-24-30(19-21-41-35)33-26-46(40(51-33)44-39(49)37(27-11-4-1-5-12-27)28-13-6-2-7-14-28)32-18-10-17-31(23-32)38(29-15-8-3-9-16-29)42-25-36(48)43-34-20-22-50-45-34/h1-24,26,37-38,42H,25H2,(H2,41,43,45,47,48)/p+1. The fourth-order valence-corrected chi connectivity index (χ4v) is 6.93. The molecule has 0 aliphatic heterocycles. The second-order valence-corrected chi connectivity index (χ2v) is 12.7. The Balaban J connectivity index is 1.26. The number of thiazole rings is 1. The smallest absolute Gasteiger partial charge is 0.347 e. The van der Waals surface area contributed by atoms with Gasteiger partial charge in [-0.3, -0.25) is 14.9 Å². The molecule has 3 heterocycles. The Morgan fingerprint density at radius 3 is 2.08 bits per heavy atom. The summed E-state index contributed by atoms with van der Waals surface area (Å²) in [5.74, 6) is -0.695. The molecule has 0 saturated heterocycles. The van der Waals surface area contributed by atoms with E-state index >= 15 is 0 Å². The van der Waals surface area contributed by atoms with E-state index in [4.69, 9.17) is 4.52 Å². The Kier molecular flexibility index (Phi) is 10.00. The van der Waals surface area contributed by atoms with Crippen LogP contribution in [0.25, 0.3) is 16.1 Å². The summed E-state index contributed by atoms with van der Waals surface area (Å²) in [7, 11) is 0. The molecule has 4 aromatic carbocycles. The highest BCUT2D eigenvalue weighted by atomic mass is 32.1. The number of rotatable bonds is 12. The Hall–Kier alpha value is -6.43. The van der Waals surface area contributed by atoms with Gasteiger partial charge in [-0.15, -0.1) is 0 Å². The van der Waals surface area contributed by atoms with Gasteiger partial charge in [0, 0.05) is 23.9 Å². The molecule has 11 heteroatoms. The van der Waals surface area contributed by atoms with Crippen molar-refractivity contribution < 1.29 is 18.7 Å². The number of carbonyl (C=O) groups is 2. The van der Waals surface area contributed by atoms with Gasteiger partial charge in [0.15, 0.2) is 5.82 Å². The van der Waals surface area contributed by atoms with E-state index in [0.29, 0.717) is 10.9 Å². The van der Waals surface area contributed by atoms with Crippen LogP contribution in [0.2, 0.25) is 0 Å². The Morgan fingerprint density at radius 2 is 1.43 bits per heavy atom. The summed E-state index contributed by atoms with van der Waals surface area (Å²) >= 11 is 1.37. The van der Waals surface area contributed by atoms with Gasteiger partial charge < -0.3 is 14.8 Å². The maximum atomic E-state index is 14.3. The summed E-state index contributed by atoms with van der Waals surface area (Å²) in [6, 6.07) is 41.7. The highest BCUT2D eigenvalue weighted by molar-refractivity contribution is 7.18. The summed E-state index contributed by atoms with van der Waals surface area (Å²) in [4.78, 5) is 42.9. The number of pyridine rings is 1. The van der Waals surface area contributed by atoms with Gasteiger partial charge in [0.25, 0.3) is 0 Å². The molecule has 0 aliphatic rings. The zero-order chi connectivity index (χ0) is 35.0. The average Bonchev–Trinajstić information content (AvgIpc) is 3.84. The van der Waals surface area contributed by atoms with Crippen LogP contribution >= 0.6 is 11.3 Å². The third kappa shape index (κ3) is 7.91. The van der Waals surface area contributed by atoms with Gasteiger partial charge in [-0.05, 0) is 51.8 Å². The predicted octanol–water partition coefficient (Wildman–Crippen LogP) is 6.46. The third-order valence-electron chi connectivity index (χ3n) is 8.28. The van der Waals surface area contributed by atoms with Crippen LogP contribution in [0.4, 0.5) is 10.9 Å². The van der Waals surface area contributed by atoms with Crippen molar-refractivity contribution in [3.8, 4) is 16.1 Å². The quantitative estimate of drug-likeness (QED) is 0.109. The Bertz CT molecular complexity index is 2250. The van der Waals surface area contributed by atoms with Gasteiger partial charge in [0.1, 0.15) is 24.1 Å². The highest BCUT2D eigenvalue weighted by Crippen LogP contribution is 2.32. The number of carbonyl (C=O) groups excluding carboxylic acids is 2. The van der Waals surface area contributed by atoms with E-state index in [2.05, 4.69) is 26.1 Å². The molecule has 3 aromatic heterocycles. The molecule has 7 aromatic rings. The molecular formula is C40H33N6O4S+. The summed E-state index contributed by atoms with van der Waals surface area (Å²) in [5.41, 5.74) is 4.87. The fraction of sp³-hybridized carbons (Fsp3) is 0.0750. The number of hydrogen-bond acceptors (Lipinski definition) is 7. The SMILES string of the molecule is O=C(CNC(c1ccccc1)c1cccc(-[n+]2cc(-c3cc[nH]c(=O)c3)sc2NC(=O)C(c2ccccc2)c2ccccc2)c1)Nc1ccon1. The maximum Gasteiger partial charge on any atom is 0.347 e. The number of aromatic nitrogens is 3. The average molecular weight is 694 g/mol. The summed E-state index contributed by atoms with van der Waals surface area (Å²) in [6.45, 7) is 0.0105. The van der Waals surface area contributed by atoms with Crippen molar-refractivity contribution in [2.45, 2.75) is 12.0 Å². The van der Waals surface area contributed by atoms with Gasteiger partial charge in [0.05, 0.1) is 17.5 Å². The number of aromatic amines is 1. The maximum absolute atomic E-state index is 14.3. The molecule has 51 heavy (non-hydrogen) atoms. The van der Waals surface area contributed by atoms with Crippen molar-refractivity contribution in [1.29, 1.82) is 0 Å². The van der Waals surface area contributed by atoms with Gasteiger partial charge in [-0.1, -0.05) is 108 Å². The van der Waals surface area contributed by atoms with Crippen molar-refractivity contribution in [1.82, 2.24) is 15.5 Å². The van der Waals surface area contributed by atoms with Gasteiger partial charge in [-0.2, -0.15) is 9.88 Å². The van der Waals surface area contributed by atoms with Crippen molar-refractivity contribution >= 4 is 34.1 Å². The second-order valence-electron chi connectivity index (χ2n) is 11.7. The first-order chi connectivity index (χ1) is 25.0. The Labute approximate surface area is 297 Å². The van der Waals surface area contributed by atoms with Crippen molar-refractivity contribution in [2.24, 2.45) is 0 Å². The molecule has 1 unspecified atom stereocenters. The number of nitrogens with zero attached hydrogens (tertiary/aromatic N) is 2. The molecule has 2 amide bonds. The lowest BCUT2D eigenvalue weighted by Gasteiger charge is -2.20. The number of nitrogens with one attached hydrogen (secondary N) is 4. The van der Waals surface area contributed by atoms with Crippen LogP contribution in [-0.4, -0.2) is 28.5 Å². The molecule has 0 fully saturated rings. The Morgan fingerprint density at radius 1 is 0.765 bits per heavy atom. The van der Waals surface area contributed by atoms with Crippen molar-refractivity contribution in [3.05, 3.63) is 185 Å². The van der Waals surface area contributed by atoms with Crippen LogP contribution in [0.15, 0.2) is 161 Å². The van der Waals surface area contributed by atoms with Crippen LogP contribution in [0, 0.1) is 0 Å². The molecule has 1 atom stereocenters. The summed E-state index contributed by atoms with van der Waals surface area (Å²) in [5, 5.41) is 13.7. The third-order valence-corrected chi connectivity index (χ3v) is 9.33. The lowest BCUT2D eigenvalue weighted by atomic mass is 9.90.